The number of carbonyl (C=O) groups excluding carboxylic acids is 1. The first kappa shape index (κ1) is 6.65. The molecule has 2 nitrogen and oxygen atoms in total. The molecule has 0 amide bonds. The van der Waals surface area contributed by atoms with E-state index in [-0.39, 0.29) is 5.78 Å². The summed E-state index contributed by atoms with van der Waals surface area (Å²) in [4.78, 5) is 14.4. The number of hydrogen-bond acceptors (Lipinski definition) is 1. The van der Waals surface area contributed by atoms with Crippen LogP contribution in [0.15, 0.2) is 18.3 Å². The van der Waals surface area contributed by atoms with E-state index in [1.807, 2.05) is 12.1 Å². The van der Waals surface area contributed by atoms with E-state index in [2.05, 4.69) is 11.9 Å². The molecule has 2 rings (SSSR count). The second-order valence-electron chi connectivity index (χ2n) is 3.27. The molecular weight excluding hydrogens is 138 g/mol. The maximum Gasteiger partial charge on any atom is 0.182 e. The molecule has 1 aliphatic carbocycles. The predicted octanol–water partition coefficient (Wildman–Crippen LogP) is 1.85. The first-order valence-corrected chi connectivity index (χ1v) is 3.96. The van der Waals surface area contributed by atoms with Gasteiger partial charge in [-0.15, -0.1) is 0 Å². The van der Waals surface area contributed by atoms with Gasteiger partial charge in [-0.3, -0.25) is 4.79 Å². The fourth-order valence-electron chi connectivity index (χ4n) is 1.37. The zero-order chi connectivity index (χ0) is 7.84. The van der Waals surface area contributed by atoms with Crippen molar-refractivity contribution in [3.8, 4) is 0 Å². The summed E-state index contributed by atoms with van der Waals surface area (Å²) in [5.41, 5.74) is 0.763. The molecule has 1 N–H and O–H groups in total. The van der Waals surface area contributed by atoms with Crippen LogP contribution in [0.25, 0.3) is 0 Å². The number of aromatic nitrogens is 1. The van der Waals surface area contributed by atoms with Gasteiger partial charge in [0.25, 0.3) is 0 Å². The van der Waals surface area contributed by atoms with Crippen LogP contribution in [0.5, 0.6) is 0 Å². The van der Waals surface area contributed by atoms with Crippen LogP contribution >= 0.6 is 0 Å². The molecule has 2 atom stereocenters. The Hall–Kier alpha value is -1.05. The van der Waals surface area contributed by atoms with Crippen molar-refractivity contribution in [3.63, 3.8) is 0 Å². The molecule has 58 valence electrons. The van der Waals surface area contributed by atoms with Crippen molar-refractivity contribution in [2.45, 2.75) is 13.3 Å². The summed E-state index contributed by atoms with van der Waals surface area (Å²) in [6.07, 6.45) is 2.86. The van der Waals surface area contributed by atoms with Crippen molar-refractivity contribution in [3.05, 3.63) is 24.0 Å². The summed E-state index contributed by atoms with van der Waals surface area (Å²) in [6.45, 7) is 2.12. The molecule has 0 spiro atoms. The third-order valence-corrected chi connectivity index (χ3v) is 2.31. The van der Waals surface area contributed by atoms with E-state index in [1.165, 1.54) is 0 Å². The Bertz CT molecular complexity index is 263. The van der Waals surface area contributed by atoms with E-state index < -0.39 is 0 Å². The van der Waals surface area contributed by atoms with Crippen LogP contribution in [0.1, 0.15) is 23.8 Å². The van der Waals surface area contributed by atoms with E-state index >= 15 is 0 Å². The first-order valence-electron chi connectivity index (χ1n) is 3.96. The average molecular weight is 149 g/mol. The number of Topliss-reactive ketones (excluding diaryl/α,β-unsaturated/α-hetero) is 1. The van der Waals surface area contributed by atoms with E-state index in [4.69, 9.17) is 0 Å². The van der Waals surface area contributed by atoms with Gasteiger partial charge in [0.1, 0.15) is 0 Å². The Morgan fingerprint density at radius 3 is 2.91 bits per heavy atom. The number of rotatable bonds is 2. The van der Waals surface area contributed by atoms with Crippen LogP contribution in [0.3, 0.4) is 0 Å². The van der Waals surface area contributed by atoms with E-state index in [9.17, 15) is 4.79 Å². The molecule has 1 heterocycles. The van der Waals surface area contributed by atoms with Gasteiger partial charge in [-0.1, -0.05) is 6.92 Å². The predicted molar refractivity (Wildman–Crippen MR) is 42.4 cm³/mol. The van der Waals surface area contributed by atoms with Crippen molar-refractivity contribution < 1.29 is 4.79 Å². The molecule has 1 fully saturated rings. The molecule has 1 aromatic rings. The normalized spacial score (nSPS) is 28.5. The van der Waals surface area contributed by atoms with Gasteiger partial charge in [0, 0.05) is 12.1 Å². The summed E-state index contributed by atoms with van der Waals surface area (Å²) < 4.78 is 0. The zero-order valence-corrected chi connectivity index (χ0v) is 6.50. The summed E-state index contributed by atoms with van der Waals surface area (Å²) in [6, 6.07) is 3.70. The number of nitrogens with one attached hydrogen (secondary N) is 1. The number of ketones is 1. The van der Waals surface area contributed by atoms with Crippen LogP contribution in [0.4, 0.5) is 0 Å². The first-order chi connectivity index (χ1) is 5.29. The highest BCUT2D eigenvalue weighted by Gasteiger charge is 2.39. The largest absolute Gasteiger partial charge is 0.359 e. The van der Waals surface area contributed by atoms with Crippen molar-refractivity contribution in [2.24, 2.45) is 11.8 Å². The number of carbonyl (C=O) groups is 1. The molecule has 0 aromatic carbocycles. The lowest BCUT2D eigenvalue weighted by Crippen LogP contribution is -2.02. The summed E-state index contributed by atoms with van der Waals surface area (Å²) in [5, 5.41) is 0. The number of aromatic amines is 1. The molecule has 0 radical (unpaired) electrons. The van der Waals surface area contributed by atoms with Gasteiger partial charge in [-0.05, 0) is 24.5 Å². The minimum atomic E-state index is 0.280. The summed E-state index contributed by atoms with van der Waals surface area (Å²) in [7, 11) is 0. The standard InChI is InChI=1S/C9H11NO/c1-6-5-7(6)9(11)8-3-2-4-10-8/h2-4,6-7,10H,5H2,1H3. The van der Waals surface area contributed by atoms with Gasteiger partial charge in [0.2, 0.25) is 0 Å². The highest BCUT2D eigenvalue weighted by molar-refractivity contribution is 5.97. The van der Waals surface area contributed by atoms with Gasteiger partial charge < -0.3 is 4.98 Å². The number of hydrogen-bond donors (Lipinski definition) is 1. The number of H-pyrrole nitrogens is 1. The van der Waals surface area contributed by atoms with Crippen molar-refractivity contribution in [1.29, 1.82) is 0 Å². The third-order valence-electron chi connectivity index (χ3n) is 2.31. The highest BCUT2D eigenvalue weighted by Crippen LogP contribution is 2.39. The summed E-state index contributed by atoms with van der Waals surface area (Å²) >= 11 is 0. The molecular formula is C9H11NO. The van der Waals surface area contributed by atoms with Crippen molar-refractivity contribution >= 4 is 5.78 Å². The average Bonchev–Trinajstić information content (AvgIpc) is 2.56. The fraction of sp³-hybridized carbons (Fsp3) is 0.444. The van der Waals surface area contributed by atoms with Crippen LogP contribution in [-0.4, -0.2) is 10.8 Å². The molecule has 1 saturated carbocycles. The SMILES string of the molecule is CC1CC1C(=O)c1ccc[nH]1. The monoisotopic (exact) mass is 149 g/mol. The Balaban J connectivity index is 2.13. The van der Waals surface area contributed by atoms with E-state index in [0.717, 1.165) is 12.1 Å². The van der Waals surface area contributed by atoms with Crippen LogP contribution in [-0.2, 0) is 0 Å². The van der Waals surface area contributed by atoms with Crippen LogP contribution in [0.2, 0.25) is 0 Å². The molecule has 1 aromatic heterocycles. The molecule has 2 unspecified atom stereocenters. The van der Waals surface area contributed by atoms with Crippen LogP contribution in [0, 0.1) is 11.8 Å². The maximum atomic E-state index is 11.4. The van der Waals surface area contributed by atoms with Gasteiger partial charge in [0.15, 0.2) is 5.78 Å². The molecule has 0 saturated heterocycles. The Kier molecular flexibility index (Phi) is 1.34. The molecule has 0 bridgehead atoms. The molecule has 2 heteroatoms. The molecule has 11 heavy (non-hydrogen) atoms. The van der Waals surface area contributed by atoms with Crippen molar-refractivity contribution in [2.75, 3.05) is 0 Å². The van der Waals surface area contributed by atoms with E-state index in [0.29, 0.717) is 11.8 Å². The minimum absolute atomic E-state index is 0.280. The summed E-state index contributed by atoms with van der Waals surface area (Å²) in [5.74, 6) is 1.18. The van der Waals surface area contributed by atoms with Gasteiger partial charge in [-0.2, -0.15) is 0 Å². The second-order valence-corrected chi connectivity index (χ2v) is 3.27. The zero-order valence-electron chi connectivity index (χ0n) is 6.50. The Morgan fingerprint density at radius 1 is 1.73 bits per heavy atom. The quantitative estimate of drug-likeness (QED) is 0.639. The maximum absolute atomic E-state index is 11.4. The topological polar surface area (TPSA) is 32.9 Å². The Labute approximate surface area is 65.6 Å². The smallest absolute Gasteiger partial charge is 0.182 e. The minimum Gasteiger partial charge on any atom is -0.359 e. The lowest BCUT2D eigenvalue weighted by molar-refractivity contribution is 0.0958. The molecule has 1 aliphatic rings. The van der Waals surface area contributed by atoms with Gasteiger partial charge in [-0.25, -0.2) is 0 Å². The fourth-order valence-corrected chi connectivity index (χ4v) is 1.37. The lowest BCUT2D eigenvalue weighted by atomic mass is 10.2. The van der Waals surface area contributed by atoms with Crippen LogP contribution < -0.4 is 0 Å². The highest BCUT2D eigenvalue weighted by atomic mass is 16.1. The van der Waals surface area contributed by atoms with Gasteiger partial charge >= 0.3 is 0 Å². The van der Waals surface area contributed by atoms with E-state index in [1.54, 1.807) is 6.20 Å². The second kappa shape index (κ2) is 2.22. The van der Waals surface area contributed by atoms with Crippen molar-refractivity contribution in [1.82, 2.24) is 4.98 Å². The lowest BCUT2D eigenvalue weighted by Gasteiger charge is -1.92. The van der Waals surface area contributed by atoms with Gasteiger partial charge in [0.05, 0.1) is 5.69 Å². The Morgan fingerprint density at radius 2 is 2.45 bits per heavy atom. The third kappa shape index (κ3) is 1.09. The molecule has 0 aliphatic heterocycles.